The molecule has 0 aliphatic heterocycles. The Balaban J connectivity index is 1.98. The molecule has 0 radical (unpaired) electrons. The molecule has 2 N–H and O–H groups in total. The van der Waals surface area contributed by atoms with Crippen molar-refractivity contribution in [3.8, 4) is 22.6 Å². The third-order valence-corrected chi connectivity index (χ3v) is 4.31. The Labute approximate surface area is 153 Å². The largest absolute Gasteiger partial charge is 0.506 e. The minimum Gasteiger partial charge on any atom is -0.506 e. The first-order chi connectivity index (χ1) is 11.5. The number of aliphatic imine (C=N–C) groups is 1. The Morgan fingerprint density at radius 3 is 2.42 bits per heavy atom. The van der Waals surface area contributed by atoms with E-state index in [0.29, 0.717) is 20.7 Å². The van der Waals surface area contributed by atoms with E-state index in [1.807, 2.05) is 36.4 Å². The quantitative estimate of drug-likeness (QED) is 0.533. The van der Waals surface area contributed by atoms with Crippen molar-refractivity contribution in [2.24, 2.45) is 4.99 Å². The van der Waals surface area contributed by atoms with E-state index in [1.165, 1.54) is 6.21 Å². The van der Waals surface area contributed by atoms with Crippen LogP contribution in [0.2, 0.25) is 5.02 Å². The van der Waals surface area contributed by atoms with Crippen molar-refractivity contribution in [1.82, 2.24) is 0 Å². The molecule has 0 bridgehead atoms. The molecule has 0 aliphatic carbocycles. The molecule has 0 heterocycles. The summed E-state index contributed by atoms with van der Waals surface area (Å²) in [5.74, 6) is 0.105. The van der Waals surface area contributed by atoms with Crippen LogP contribution in [0, 0.1) is 0 Å². The van der Waals surface area contributed by atoms with Crippen molar-refractivity contribution in [3.05, 3.63) is 75.7 Å². The Bertz CT molecular complexity index is 911. The number of halogens is 2. The molecule has 0 atom stereocenters. The van der Waals surface area contributed by atoms with Crippen molar-refractivity contribution in [2.75, 3.05) is 0 Å². The van der Waals surface area contributed by atoms with E-state index in [9.17, 15) is 10.2 Å². The standard InChI is InChI=1S/C19H13BrClNO2/c20-16-10-15(21)8-14(19(16)24)11-22-17-9-13(6-7-18(17)23)12-4-2-1-3-5-12/h1-11,23-24H. The maximum atomic E-state index is 10.0. The number of phenols is 2. The van der Waals surface area contributed by atoms with Crippen LogP contribution in [0.4, 0.5) is 5.69 Å². The van der Waals surface area contributed by atoms with Crippen LogP contribution in [0.15, 0.2) is 70.1 Å². The Morgan fingerprint density at radius 2 is 1.67 bits per heavy atom. The summed E-state index contributed by atoms with van der Waals surface area (Å²) in [5.41, 5.74) is 2.84. The van der Waals surface area contributed by atoms with Gasteiger partial charge in [-0.2, -0.15) is 0 Å². The fraction of sp³-hybridized carbons (Fsp3) is 0. The zero-order valence-corrected chi connectivity index (χ0v) is 14.8. The second kappa shape index (κ2) is 7.07. The predicted octanol–water partition coefficient (Wildman–Crippen LogP) is 5.93. The van der Waals surface area contributed by atoms with Gasteiger partial charge in [0.25, 0.3) is 0 Å². The molecule has 24 heavy (non-hydrogen) atoms. The third kappa shape index (κ3) is 3.61. The molecule has 0 amide bonds. The normalized spacial score (nSPS) is 11.1. The van der Waals surface area contributed by atoms with Crippen molar-refractivity contribution in [1.29, 1.82) is 0 Å². The lowest BCUT2D eigenvalue weighted by molar-refractivity contribution is 0.471. The number of nitrogens with zero attached hydrogens (tertiary/aromatic N) is 1. The molecule has 3 aromatic carbocycles. The molecule has 0 aliphatic rings. The SMILES string of the molecule is Oc1ccc(-c2ccccc2)cc1N=Cc1cc(Cl)cc(Br)c1O. The van der Waals surface area contributed by atoms with E-state index in [4.69, 9.17) is 11.6 Å². The lowest BCUT2D eigenvalue weighted by Gasteiger charge is -2.06. The fourth-order valence-corrected chi connectivity index (χ4v) is 3.09. The zero-order valence-electron chi connectivity index (χ0n) is 12.4. The van der Waals surface area contributed by atoms with Gasteiger partial charge in [-0.1, -0.05) is 48.0 Å². The predicted molar refractivity (Wildman–Crippen MR) is 102 cm³/mol. The van der Waals surface area contributed by atoms with Crippen LogP contribution in [-0.2, 0) is 0 Å². The number of benzene rings is 3. The lowest BCUT2D eigenvalue weighted by Crippen LogP contribution is -1.84. The summed E-state index contributed by atoms with van der Waals surface area (Å²) in [6, 6.07) is 18.2. The van der Waals surface area contributed by atoms with E-state index in [0.717, 1.165) is 11.1 Å². The molecule has 0 saturated carbocycles. The Kier molecular flexibility index (Phi) is 4.88. The number of aromatic hydroxyl groups is 2. The first-order valence-electron chi connectivity index (χ1n) is 7.15. The van der Waals surface area contributed by atoms with Crippen LogP contribution in [0.25, 0.3) is 11.1 Å². The molecule has 0 saturated heterocycles. The minimum absolute atomic E-state index is 0.0434. The van der Waals surface area contributed by atoms with Crippen molar-refractivity contribution >= 4 is 39.4 Å². The van der Waals surface area contributed by atoms with E-state index >= 15 is 0 Å². The number of hydrogen-bond donors (Lipinski definition) is 2. The first kappa shape index (κ1) is 16.6. The summed E-state index contributed by atoms with van der Waals surface area (Å²) in [6.07, 6.45) is 1.47. The topological polar surface area (TPSA) is 52.8 Å². The van der Waals surface area contributed by atoms with Crippen LogP contribution in [0.3, 0.4) is 0 Å². The molecule has 5 heteroatoms. The van der Waals surface area contributed by atoms with Gasteiger partial charge in [-0.3, -0.25) is 4.99 Å². The van der Waals surface area contributed by atoms with E-state index < -0.39 is 0 Å². The van der Waals surface area contributed by atoms with Crippen LogP contribution >= 0.6 is 27.5 Å². The minimum atomic E-state index is 0.0434. The number of phenolic OH excluding ortho intramolecular Hbond substituents is 2. The maximum absolute atomic E-state index is 10.0. The number of hydrogen-bond acceptors (Lipinski definition) is 3. The smallest absolute Gasteiger partial charge is 0.141 e. The molecular weight excluding hydrogens is 390 g/mol. The second-order valence-electron chi connectivity index (χ2n) is 5.15. The van der Waals surface area contributed by atoms with Gasteiger partial charge in [0.05, 0.1) is 4.47 Å². The van der Waals surface area contributed by atoms with Gasteiger partial charge in [-0.05, 0) is 51.3 Å². The van der Waals surface area contributed by atoms with E-state index in [-0.39, 0.29) is 11.5 Å². The summed E-state index contributed by atoms with van der Waals surface area (Å²) >= 11 is 9.22. The van der Waals surface area contributed by atoms with E-state index in [2.05, 4.69) is 20.9 Å². The van der Waals surface area contributed by atoms with Gasteiger partial charge in [-0.25, -0.2) is 0 Å². The van der Waals surface area contributed by atoms with Crippen LogP contribution < -0.4 is 0 Å². The Hall–Kier alpha value is -2.30. The molecule has 120 valence electrons. The fourth-order valence-electron chi connectivity index (χ4n) is 2.26. The van der Waals surface area contributed by atoms with Crippen molar-refractivity contribution in [2.45, 2.75) is 0 Å². The molecule has 3 aromatic rings. The third-order valence-electron chi connectivity index (χ3n) is 3.48. The van der Waals surface area contributed by atoms with Gasteiger partial charge in [0.2, 0.25) is 0 Å². The summed E-state index contributed by atoms with van der Waals surface area (Å²) in [5, 5.41) is 20.5. The van der Waals surface area contributed by atoms with Crippen molar-refractivity contribution < 1.29 is 10.2 Å². The average Bonchev–Trinajstić information content (AvgIpc) is 2.59. The zero-order chi connectivity index (χ0) is 17.1. The van der Waals surface area contributed by atoms with Crippen LogP contribution in [0.5, 0.6) is 11.5 Å². The molecule has 3 nitrogen and oxygen atoms in total. The highest BCUT2D eigenvalue weighted by Crippen LogP contribution is 2.34. The summed E-state index contributed by atoms with van der Waals surface area (Å²) < 4.78 is 0.485. The van der Waals surface area contributed by atoms with Gasteiger partial charge in [0.1, 0.15) is 17.2 Å². The van der Waals surface area contributed by atoms with Crippen LogP contribution in [0.1, 0.15) is 5.56 Å². The molecular formula is C19H13BrClNO2. The van der Waals surface area contributed by atoms with Crippen molar-refractivity contribution in [3.63, 3.8) is 0 Å². The van der Waals surface area contributed by atoms with E-state index in [1.54, 1.807) is 24.3 Å². The summed E-state index contributed by atoms with van der Waals surface area (Å²) in [6.45, 7) is 0. The monoisotopic (exact) mass is 401 g/mol. The highest BCUT2D eigenvalue weighted by atomic mass is 79.9. The molecule has 0 aromatic heterocycles. The molecule has 3 rings (SSSR count). The maximum Gasteiger partial charge on any atom is 0.141 e. The van der Waals surface area contributed by atoms with Gasteiger partial charge in [0.15, 0.2) is 0 Å². The highest BCUT2D eigenvalue weighted by Gasteiger charge is 2.07. The first-order valence-corrected chi connectivity index (χ1v) is 8.32. The van der Waals surface area contributed by atoms with Gasteiger partial charge >= 0.3 is 0 Å². The van der Waals surface area contributed by atoms with Gasteiger partial charge in [-0.15, -0.1) is 0 Å². The second-order valence-corrected chi connectivity index (χ2v) is 6.44. The lowest BCUT2D eigenvalue weighted by atomic mass is 10.0. The Morgan fingerprint density at radius 1 is 0.917 bits per heavy atom. The molecule has 0 fully saturated rings. The van der Waals surface area contributed by atoms with Gasteiger partial charge < -0.3 is 10.2 Å². The summed E-state index contributed by atoms with van der Waals surface area (Å²) in [4.78, 5) is 4.29. The average molecular weight is 403 g/mol. The van der Waals surface area contributed by atoms with Gasteiger partial charge in [0, 0.05) is 16.8 Å². The molecule has 0 unspecified atom stereocenters. The molecule has 0 spiro atoms. The number of rotatable bonds is 3. The summed E-state index contributed by atoms with van der Waals surface area (Å²) in [7, 11) is 0. The highest BCUT2D eigenvalue weighted by molar-refractivity contribution is 9.10. The van der Waals surface area contributed by atoms with Crippen LogP contribution in [-0.4, -0.2) is 16.4 Å².